The molecule has 16 heavy (non-hydrogen) atoms. The van der Waals surface area contributed by atoms with Crippen LogP contribution in [0.15, 0.2) is 18.2 Å². The summed E-state index contributed by atoms with van der Waals surface area (Å²) >= 11 is 0. The zero-order valence-corrected chi connectivity index (χ0v) is 10.5. The molecule has 0 spiro atoms. The van der Waals surface area contributed by atoms with E-state index >= 15 is 0 Å². The molecule has 88 valence electrons. The van der Waals surface area contributed by atoms with Crippen LogP contribution in [0.1, 0.15) is 36.5 Å². The van der Waals surface area contributed by atoms with E-state index in [-0.39, 0.29) is 5.60 Å². The van der Waals surface area contributed by atoms with Gasteiger partial charge < -0.3 is 9.47 Å². The molecule has 1 fully saturated rings. The molecule has 2 rings (SSSR count). The minimum atomic E-state index is -0.199. The molecule has 1 heterocycles. The van der Waals surface area contributed by atoms with Crippen LogP contribution >= 0.6 is 0 Å². The molecule has 0 saturated carbocycles. The molecule has 0 unspecified atom stereocenters. The number of benzene rings is 1. The van der Waals surface area contributed by atoms with Gasteiger partial charge in [0.2, 0.25) is 0 Å². The molecule has 0 N–H and O–H groups in total. The lowest BCUT2D eigenvalue weighted by molar-refractivity contribution is -0.202. The molecule has 2 nitrogen and oxygen atoms in total. The number of methoxy groups -OCH3 is 1. The highest BCUT2D eigenvalue weighted by Crippen LogP contribution is 2.36. The van der Waals surface area contributed by atoms with E-state index in [0.717, 1.165) is 0 Å². The van der Waals surface area contributed by atoms with Crippen molar-refractivity contribution in [2.45, 2.75) is 32.3 Å². The Morgan fingerprint density at radius 1 is 1.31 bits per heavy atom. The fourth-order valence-electron chi connectivity index (χ4n) is 2.16. The Morgan fingerprint density at radius 3 is 2.44 bits per heavy atom. The fraction of sp³-hybridized carbons (Fsp3) is 0.571. The van der Waals surface area contributed by atoms with Crippen LogP contribution in [-0.2, 0) is 15.1 Å². The smallest absolute Gasteiger partial charge is 0.139 e. The van der Waals surface area contributed by atoms with Crippen molar-refractivity contribution in [1.29, 1.82) is 0 Å². The highest BCUT2D eigenvalue weighted by Gasteiger charge is 2.41. The number of ether oxygens (including phenoxy) is 2. The summed E-state index contributed by atoms with van der Waals surface area (Å²) in [5.74, 6) is 0.550. The first-order valence-corrected chi connectivity index (χ1v) is 5.83. The van der Waals surface area contributed by atoms with Crippen LogP contribution in [0.4, 0.5) is 0 Å². The van der Waals surface area contributed by atoms with Crippen LogP contribution in [0.3, 0.4) is 0 Å². The first-order chi connectivity index (χ1) is 7.59. The highest BCUT2D eigenvalue weighted by atomic mass is 16.6. The van der Waals surface area contributed by atoms with Gasteiger partial charge in [0, 0.05) is 7.11 Å². The molecule has 1 saturated heterocycles. The van der Waals surface area contributed by atoms with Gasteiger partial charge in [0.25, 0.3) is 0 Å². The van der Waals surface area contributed by atoms with Gasteiger partial charge in [0.15, 0.2) is 0 Å². The molecular formula is C14H20O2. The summed E-state index contributed by atoms with van der Waals surface area (Å²) in [6.07, 6.45) is 0. The van der Waals surface area contributed by atoms with Crippen LogP contribution in [0.5, 0.6) is 0 Å². The van der Waals surface area contributed by atoms with Crippen LogP contribution < -0.4 is 0 Å². The van der Waals surface area contributed by atoms with E-state index in [1.54, 1.807) is 7.11 Å². The minimum Gasteiger partial charge on any atom is -0.375 e. The SMILES string of the molecule is COC1(c2cc(C(C)C)ccc2C)COC1. The van der Waals surface area contributed by atoms with Crippen molar-refractivity contribution >= 4 is 0 Å². The summed E-state index contributed by atoms with van der Waals surface area (Å²) in [6.45, 7) is 7.91. The molecule has 0 atom stereocenters. The Balaban J connectivity index is 2.42. The fourth-order valence-corrected chi connectivity index (χ4v) is 2.16. The lowest BCUT2D eigenvalue weighted by Crippen LogP contribution is -2.48. The molecule has 1 aromatic rings. The van der Waals surface area contributed by atoms with Crippen molar-refractivity contribution in [3.63, 3.8) is 0 Å². The summed E-state index contributed by atoms with van der Waals surface area (Å²) in [6, 6.07) is 6.65. The van der Waals surface area contributed by atoms with Gasteiger partial charge in [-0.1, -0.05) is 32.0 Å². The monoisotopic (exact) mass is 220 g/mol. The molecule has 0 radical (unpaired) electrons. The van der Waals surface area contributed by atoms with Crippen LogP contribution in [0, 0.1) is 6.92 Å². The van der Waals surface area contributed by atoms with E-state index in [9.17, 15) is 0 Å². The molecule has 1 aliphatic heterocycles. The third-order valence-corrected chi connectivity index (χ3v) is 3.48. The molecule has 0 aliphatic carbocycles. The zero-order valence-electron chi connectivity index (χ0n) is 10.5. The highest BCUT2D eigenvalue weighted by molar-refractivity contribution is 5.38. The number of hydrogen-bond donors (Lipinski definition) is 0. The molecule has 0 aromatic heterocycles. The van der Waals surface area contributed by atoms with E-state index in [2.05, 4.69) is 39.0 Å². The second-order valence-electron chi connectivity index (χ2n) is 4.92. The van der Waals surface area contributed by atoms with Crippen molar-refractivity contribution in [1.82, 2.24) is 0 Å². The van der Waals surface area contributed by atoms with E-state index in [1.807, 2.05) is 0 Å². The van der Waals surface area contributed by atoms with Gasteiger partial charge in [-0.05, 0) is 29.5 Å². The Morgan fingerprint density at radius 2 is 2.00 bits per heavy atom. The van der Waals surface area contributed by atoms with Gasteiger partial charge >= 0.3 is 0 Å². The summed E-state index contributed by atoms with van der Waals surface area (Å²) in [7, 11) is 1.77. The molecule has 2 heteroatoms. The predicted octanol–water partition coefficient (Wildman–Crippen LogP) is 2.99. The van der Waals surface area contributed by atoms with Gasteiger partial charge in [-0.3, -0.25) is 0 Å². The zero-order chi connectivity index (χ0) is 11.8. The van der Waals surface area contributed by atoms with Gasteiger partial charge in [0.1, 0.15) is 5.60 Å². The van der Waals surface area contributed by atoms with Gasteiger partial charge in [-0.25, -0.2) is 0 Å². The molecular weight excluding hydrogens is 200 g/mol. The number of aryl methyl sites for hydroxylation is 1. The Kier molecular flexibility index (Phi) is 3.04. The predicted molar refractivity (Wildman–Crippen MR) is 64.8 cm³/mol. The molecule has 1 aromatic carbocycles. The van der Waals surface area contributed by atoms with E-state index in [4.69, 9.17) is 9.47 Å². The summed E-state index contributed by atoms with van der Waals surface area (Å²) in [5.41, 5.74) is 3.74. The van der Waals surface area contributed by atoms with Crippen molar-refractivity contribution < 1.29 is 9.47 Å². The topological polar surface area (TPSA) is 18.5 Å². The molecule has 1 aliphatic rings. The van der Waals surface area contributed by atoms with Crippen molar-refractivity contribution in [2.24, 2.45) is 0 Å². The Hall–Kier alpha value is -0.860. The largest absolute Gasteiger partial charge is 0.375 e. The first-order valence-electron chi connectivity index (χ1n) is 5.83. The second-order valence-corrected chi connectivity index (χ2v) is 4.92. The average molecular weight is 220 g/mol. The third-order valence-electron chi connectivity index (χ3n) is 3.48. The van der Waals surface area contributed by atoms with Crippen LogP contribution in [0.2, 0.25) is 0 Å². The number of rotatable bonds is 3. The maximum Gasteiger partial charge on any atom is 0.139 e. The van der Waals surface area contributed by atoms with Crippen molar-refractivity contribution in [3.05, 3.63) is 34.9 Å². The summed E-state index contributed by atoms with van der Waals surface area (Å²) in [4.78, 5) is 0. The summed E-state index contributed by atoms with van der Waals surface area (Å²) in [5, 5.41) is 0. The van der Waals surface area contributed by atoms with Crippen LogP contribution in [-0.4, -0.2) is 20.3 Å². The standard InChI is InChI=1S/C14H20O2/c1-10(2)12-6-5-11(3)13(7-12)14(15-4)8-16-9-14/h5-7,10H,8-9H2,1-4H3. The minimum absolute atomic E-state index is 0.199. The Bertz CT molecular complexity index is 373. The summed E-state index contributed by atoms with van der Waals surface area (Å²) < 4.78 is 11.0. The van der Waals surface area contributed by atoms with Gasteiger partial charge in [-0.2, -0.15) is 0 Å². The van der Waals surface area contributed by atoms with Gasteiger partial charge in [0.05, 0.1) is 13.2 Å². The lowest BCUT2D eigenvalue weighted by Gasteiger charge is -2.41. The average Bonchev–Trinajstić information content (AvgIpc) is 2.19. The van der Waals surface area contributed by atoms with E-state index in [0.29, 0.717) is 19.1 Å². The van der Waals surface area contributed by atoms with E-state index < -0.39 is 0 Å². The quantitative estimate of drug-likeness (QED) is 0.779. The molecule has 0 bridgehead atoms. The van der Waals surface area contributed by atoms with Crippen LogP contribution in [0.25, 0.3) is 0 Å². The molecule has 0 amide bonds. The van der Waals surface area contributed by atoms with Crippen molar-refractivity contribution in [2.75, 3.05) is 20.3 Å². The lowest BCUT2D eigenvalue weighted by atomic mass is 9.85. The first kappa shape index (κ1) is 11.6. The number of hydrogen-bond acceptors (Lipinski definition) is 2. The third kappa shape index (κ3) is 1.76. The maximum atomic E-state index is 5.65. The second kappa shape index (κ2) is 4.19. The van der Waals surface area contributed by atoms with E-state index in [1.165, 1.54) is 16.7 Å². The normalized spacial score (nSPS) is 18.6. The van der Waals surface area contributed by atoms with Crippen molar-refractivity contribution in [3.8, 4) is 0 Å². The Labute approximate surface area is 97.6 Å². The maximum absolute atomic E-state index is 5.65. The van der Waals surface area contributed by atoms with Gasteiger partial charge in [-0.15, -0.1) is 0 Å².